The highest BCUT2D eigenvalue weighted by Crippen LogP contribution is 2.34. The molecule has 1 N–H and O–H groups in total. The van der Waals surface area contributed by atoms with Crippen molar-refractivity contribution in [2.45, 2.75) is 25.9 Å². The van der Waals surface area contributed by atoms with Gasteiger partial charge in [-0.15, -0.1) is 0 Å². The number of carboxylic acid groups (broad SMARTS) is 1. The molecule has 2 aromatic rings. The van der Waals surface area contributed by atoms with E-state index < -0.39 is 12.1 Å². The fourth-order valence-corrected chi connectivity index (χ4v) is 4.44. The van der Waals surface area contributed by atoms with Gasteiger partial charge in [0.25, 0.3) is 5.91 Å². The van der Waals surface area contributed by atoms with Crippen LogP contribution in [0, 0.1) is 5.92 Å². The van der Waals surface area contributed by atoms with Crippen LogP contribution < -0.4 is 14.4 Å². The lowest BCUT2D eigenvalue weighted by molar-refractivity contribution is -0.149. The Morgan fingerprint density at radius 2 is 1.97 bits per heavy atom. The summed E-state index contributed by atoms with van der Waals surface area (Å²) in [5.41, 5.74) is 3.47. The van der Waals surface area contributed by atoms with Crippen molar-refractivity contribution in [1.29, 1.82) is 0 Å². The Balaban J connectivity index is 1.35. The van der Waals surface area contributed by atoms with Crippen molar-refractivity contribution in [3.63, 3.8) is 0 Å². The van der Waals surface area contributed by atoms with E-state index in [1.165, 1.54) is 7.11 Å². The maximum Gasteiger partial charge on any atom is 0.333 e. The van der Waals surface area contributed by atoms with Gasteiger partial charge in [-0.3, -0.25) is 4.79 Å². The smallest absolute Gasteiger partial charge is 0.333 e. The maximum absolute atomic E-state index is 12.6. The minimum absolute atomic E-state index is 0.0296. The van der Waals surface area contributed by atoms with Gasteiger partial charge >= 0.3 is 5.97 Å². The second kappa shape index (κ2) is 12.9. The van der Waals surface area contributed by atoms with Crippen LogP contribution in [0.15, 0.2) is 71.9 Å². The van der Waals surface area contributed by atoms with E-state index in [0.717, 1.165) is 23.3 Å². The summed E-state index contributed by atoms with van der Waals surface area (Å²) in [6, 6.07) is 13.1. The number of amides is 1. The number of carbonyl (C=O) groups excluding carboxylic acids is 1. The number of carbonyl (C=O) groups is 2. The van der Waals surface area contributed by atoms with Crippen LogP contribution in [0.2, 0.25) is 0 Å². The van der Waals surface area contributed by atoms with Crippen LogP contribution in [0.25, 0.3) is 0 Å². The first-order valence-corrected chi connectivity index (χ1v) is 12.6. The van der Waals surface area contributed by atoms with Gasteiger partial charge in [0.15, 0.2) is 12.7 Å². The fourth-order valence-electron chi connectivity index (χ4n) is 4.44. The number of carboxylic acids is 1. The van der Waals surface area contributed by atoms with Crippen LogP contribution in [0.3, 0.4) is 0 Å². The van der Waals surface area contributed by atoms with E-state index in [4.69, 9.17) is 19.0 Å². The molecule has 4 rings (SSSR count). The molecule has 0 saturated carbocycles. The molecule has 2 aliphatic rings. The first-order valence-electron chi connectivity index (χ1n) is 12.6. The molecule has 2 atom stereocenters. The highest BCUT2D eigenvalue weighted by atomic mass is 16.6. The van der Waals surface area contributed by atoms with Crippen LogP contribution in [0.1, 0.15) is 18.1 Å². The number of oxime groups is 1. The van der Waals surface area contributed by atoms with Crippen LogP contribution in [-0.4, -0.2) is 62.3 Å². The number of nitrogens with zero attached hydrogens (tertiary/aromatic N) is 2. The SMILES string of the molecule is CCOC(Cc1ccc(OCCN2C(=O)COc3cc(CC4C=CC=CC4=NOC)ccc32)cc1)C(=O)O. The average Bonchev–Trinajstić information content (AvgIpc) is 2.92. The molecule has 9 nitrogen and oxygen atoms in total. The van der Waals surface area contributed by atoms with E-state index in [2.05, 4.69) is 11.2 Å². The molecule has 0 saturated heterocycles. The zero-order valence-electron chi connectivity index (χ0n) is 21.5. The molecule has 200 valence electrons. The summed E-state index contributed by atoms with van der Waals surface area (Å²) in [5, 5.41) is 13.4. The van der Waals surface area contributed by atoms with Gasteiger partial charge in [0.2, 0.25) is 0 Å². The predicted octanol–water partition coefficient (Wildman–Crippen LogP) is 3.81. The maximum atomic E-state index is 12.6. The number of benzene rings is 2. The van der Waals surface area contributed by atoms with Crippen LogP contribution in [0.4, 0.5) is 5.69 Å². The molecule has 0 bridgehead atoms. The number of fused-ring (bicyclic) bond motifs is 1. The van der Waals surface area contributed by atoms with Crippen molar-refractivity contribution in [3.8, 4) is 11.5 Å². The summed E-state index contributed by atoms with van der Waals surface area (Å²) in [6.45, 7) is 2.73. The number of anilines is 1. The standard InChI is InChI=1S/C29H32N2O7/c1-3-36-27(29(33)34)17-20-8-11-23(12-9-20)37-15-14-31-25-13-10-21(18-26(25)38-19-28(31)32)16-22-6-4-5-7-24(22)30-35-2/h4-13,18,22,27H,3,14-17,19H2,1-2H3,(H,33,34). The zero-order valence-corrected chi connectivity index (χ0v) is 21.5. The Bertz CT molecular complexity index is 1220. The molecule has 1 amide bonds. The number of hydrogen-bond donors (Lipinski definition) is 1. The van der Waals surface area contributed by atoms with Crippen molar-refractivity contribution in [1.82, 2.24) is 0 Å². The third-order valence-electron chi connectivity index (χ3n) is 6.29. The number of hydrogen-bond acceptors (Lipinski definition) is 7. The zero-order chi connectivity index (χ0) is 26.9. The molecular formula is C29H32N2O7. The van der Waals surface area contributed by atoms with Crippen LogP contribution in [-0.2, 0) is 32.0 Å². The fraction of sp³-hybridized carbons (Fsp3) is 0.345. The van der Waals surface area contributed by atoms with E-state index >= 15 is 0 Å². The van der Waals surface area contributed by atoms with Gasteiger partial charge in [-0.05, 0) is 54.8 Å². The molecule has 2 aromatic carbocycles. The largest absolute Gasteiger partial charge is 0.492 e. The Hall–Kier alpha value is -4.11. The van der Waals surface area contributed by atoms with E-state index in [9.17, 15) is 14.7 Å². The molecule has 2 unspecified atom stereocenters. The quantitative estimate of drug-likeness (QED) is 0.424. The number of ether oxygens (including phenoxy) is 3. The molecule has 0 spiro atoms. The van der Waals surface area contributed by atoms with Crippen molar-refractivity contribution in [3.05, 3.63) is 77.9 Å². The molecule has 1 aliphatic carbocycles. The van der Waals surface area contributed by atoms with Crippen LogP contribution in [0.5, 0.6) is 11.5 Å². The summed E-state index contributed by atoms with van der Waals surface area (Å²) in [4.78, 5) is 30.6. The number of aliphatic carboxylic acids is 1. The normalized spacial score (nSPS) is 18.2. The van der Waals surface area contributed by atoms with Gasteiger partial charge in [0.1, 0.15) is 25.2 Å². The van der Waals surface area contributed by atoms with E-state index in [1.807, 2.05) is 48.6 Å². The number of rotatable bonds is 12. The molecule has 0 fully saturated rings. The van der Waals surface area contributed by atoms with Crippen molar-refractivity contribution < 1.29 is 33.7 Å². The Morgan fingerprint density at radius 3 is 2.71 bits per heavy atom. The third kappa shape index (κ3) is 6.80. The minimum Gasteiger partial charge on any atom is -0.492 e. The van der Waals surface area contributed by atoms with Gasteiger partial charge in [-0.25, -0.2) is 4.79 Å². The molecule has 0 radical (unpaired) electrons. The Labute approximate surface area is 221 Å². The van der Waals surface area contributed by atoms with Crippen molar-refractivity contribution in [2.24, 2.45) is 11.1 Å². The second-order valence-corrected chi connectivity index (χ2v) is 8.87. The van der Waals surface area contributed by atoms with Gasteiger partial charge < -0.3 is 29.1 Å². The Kier molecular flexibility index (Phi) is 9.16. The molecule has 1 aliphatic heterocycles. The van der Waals surface area contributed by atoms with Crippen molar-refractivity contribution >= 4 is 23.3 Å². The molecule has 1 heterocycles. The summed E-state index contributed by atoms with van der Waals surface area (Å²) in [5.74, 6) is 0.274. The predicted molar refractivity (Wildman–Crippen MR) is 143 cm³/mol. The van der Waals surface area contributed by atoms with Gasteiger partial charge in [0, 0.05) is 18.9 Å². The Morgan fingerprint density at radius 1 is 1.18 bits per heavy atom. The lowest BCUT2D eigenvalue weighted by atomic mass is 9.91. The van der Waals surface area contributed by atoms with Crippen molar-refractivity contribution in [2.75, 3.05) is 38.4 Å². The monoisotopic (exact) mass is 520 g/mol. The average molecular weight is 521 g/mol. The molecule has 38 heavy (non-hydrogen) atoms. The molecular weight excluding hydrogens is 488 g/mol. The lowest BCUT2D eigenvalue weighted by Crippen LogP contribution is -2.41. The topological polar surface area (TPSA) is 107 Å². The molecule has 9 heteroatoms. The van der Waals surface area contributed by atoms with E-state index in [-0.39, 0.29) is 24.9 Å². The van der Waals surface area contributed by atoms with Gasteiger partial charge in [0.05, 0.1) is 17.9 Å². The van der Waals surface area contributed by atoms with Crippen LogP contribution >= 0.6 is 0 Å². The summed E-state index contributed by atoms with van der Waals surface area (Å²) in [7, 11) is 1.54. The minimum atomic E-state index is -0.984. The second-order valence-electron chi connectivity index (χ2n) is 8.87. The summed E-state index contributed by atoms with van der Waals surface area (Å²) in [6.07, 6.45) is 8.07. The highest BCUT2D eigenvalue weighted by Gasteiger charge is 2.26. The number of allylic oxidation sites excluding steroid dienone is 4. The lowest BCUT2D eigenvalue weighted by Gasteiger charge is -2.30. The first-order chi connectivity index (χ1) is 18.5. The molecule has 0 aromatic heterocycles. The van der Waals surface area contributed by atoms with Gasteiger partial charge in [-0.1, -0.05) is 41.6 Å². The van der Waals surface area contributed by atoms with E-state index in [0.29, 0.717) is 36.9 Å². The third-order valence-corrected chi connectivity index (χ3v) is 6.29. The van der Waals surface area contributed by atoms with E-state index in [1.54, 1.807) is 24.0 Å². The summed E-state index contributed by atoms with van der Waals surface area (Å²) < 4.78 is 16.9. The first kappa shape index (κ1) is 26.9. The van der Waals surface area contributed by atoms with Gasteiger partial charge in [-0.2, -0.15) is 0 Å². The highest BCUT2D eigenvalue weighted by molar-refractivity contribution is 5.99. The summed E-state index contributed by atoms with van der Waals surface area (Å²) >= 11 is 0.